The summed E-state index contributed by atoms with van der Waals surface area (Å²) in [4.78, 5) is 12.5. The molecule has 4 fully saturated rings. The summed E-state index contributed by atoms with van der Waals surface area (Å²) >= 11 is 0. The highest BCUT2D eigenvalue weighted by atomic mass is 32.2. The van der Waals surface area contributed by atoms with Gasteiger partial charge in [-0.2, -0.15) is 0 Å². The van der Waals surface area contributed by atoms with Gasteiger partial charge in [0.2, 0.25) is 0 Å². The molecular weight excluding hydrogens is 552 g/mol. The molecule has 1 unspecified atom stereocenters. The number of aliphatic hydroxyl groups excluding tert-OH is 2. The van der Waals surface area contributed by atoms with Crippen LogP contribution in [0.15, 0.2) is 29.2 Å². The number of aliphatic hydroxyl groups is 2. The van der Waals surface area contributed by atoms with Crippen molar-refractivity contribution in [1.29, 1.82) is 0 Å². The summed E-state index contributed by atoms with van der Waals surface area (Å²) in [6.45, 7) is 9.80. The topological polar surface area (TPSA) is 125 Å². The van der Waals surface area contributed by atoms with E-state index in [-0.39, 0.29) is 33.9 Å². The number of nitrogens with one attached hydrogen (secondary N) is 2. The van der Waals surface area contributed by atoms with Crippen LogP contribution in [0.25, 0.3) is 0 Å². The van der Waals surface area contributed by atoms with Crippen molar-refractivity contribution in [1.82, 2.24) is 10.0 Å². The summed E-state index contributed by atoms with van der Waals surface area (Å²) in [6.07, 6.45) is 8.54. The lowest BCUT2D eigenvalue weighted by molar-refractivity contribution is -0.203. The molecule has 4 aliphatic carbocycles. The van der Waals surface area contributed by atoms with Crippen LogP contribution in [0.5, 0.6) is 5.75 Å². The molecule has 1 aromatic rings. The van der Waals surface area contributed by atoms with Crippen molar-refractivity contribution >= 4 is 16.1 Å². The molecule has 0 aliphatic heterocycles. The van der Waals surface area contributed by atoms with E-state index in [0.717, 1.165) is 57.8 Å². The summed E-state index contributed by atoms with van der Waals surface area (Å²) in [6, 6.07) is 5.19. The zero-order valence-electron chi connectivity index (χ0n) is 26.0. The van der Waals surface area contributed by atoms with Gasteiger partial charge < -0.3 is 20.3 Å². The number of carbonyl (C=O) groups is 1. The number of carbonyl (C=O) groups excluding carboxylic acids is 1. The smallest absolute Gasteiger partial charge is 0.328 e. The fraction of sp³-hybridized carbons (Fsp3) is 0.788. The minimum absolute atomic E-state index is 0.00661. The highest BCUT2D eigenvalue weighted by molar-refractivity contribution is 7.90. The average molecular weight is 605 g/mol. The summed E-state index contributed by atoms with van der Waals surface area (Å²) in [5, 5.41) is 25.2. The first-order valence-electron chi connectivity index (χ1n) is 16.2. The fourth-order valence-electron chi connectivity index (χ4n) is 10.5. The first-order chi connectivity index (χ1) is 19.9. The molecule has 4 saturated carbocycles. The lowest BCUT2D eigenvalue weighted by atomic mass is 9.41. The van der Waals surface area contributed by atoms with Gasteiger partial charge in [0, 0.05) is 6.54 Å². The van der Waals surface area contributed by atoms with Gasteiger partial charge in [0.1, 0.15) is 5.75 Å². The first-order valence-corrected chi connectivity index (χ1v) is 17.6. The van der Waals surface area contributed by atoms with Crippen molar-refractivity contribution in [2.24, 2.45) is 52.3 Å². The number of urea groups is 1. The predicted octanol–water partition coefficient (Wildman–Crippen LogP) is 5.34. The molecule has 5 rings (SSSR count). The fourth-order valence-corrected chi connectivity index (χ4v) is 11.4. The van der Waals surface area contributed by atoms with Crippen LogP contribution in [0, 0.1) is 52.3 Å². The molecule has 0 aromatic heterocycles. The molecule has 4 aliphatic rings. The molecular formula is C33H52N2O6S. The first kappa shape index (κ1) is 31.6. The molecule has 2 amide bonds. The Labute approximate surface area is 252 Å². The SMILES string of the molecule is CC[C@@H]1C2C[C@H](O)CC[C@]2(C)[C@H]2CC[C@]3(C)[C@@H]([C@H](C)CCNC(=O)NS(=O)(=O)c4ccc(OC)cc4)CC[C@H]3[C@@H]2[C@@H]1O. The Morgan fingerprint density at radius 1 is 1.02 bits per heavy atom. The molecule has 1 aromatic carbocycles. The predicted molar refractivity (Wildman–Crippen MR) is 162 cm³/mol. The summed E-state index contributed by atoms with van der Waals surface area (Å²) < 4.78 is 32.4. The summed E-state index contributed by atoms with van der Waals surface area (Å²) in [7, 11) is -2.46. The largest absolute Gasteiger partial charge is 0.497 e. The number of ether oxygens (including phenoxy) is 1. The molecule has 9 heteroatoms. The maximum Gasteiger partial charge on any atom is 0.328 e. The van der Waals surface area contributed by atoms with Gasteiger partial charge in [-0.05, 0) is 128 Å². The van der Waals surface area contributed by atoms with Gasteiger partial charge in [0.25, 0.3) is 10.0 Å². The zero-order chi connectivity index (χ0) is 30.4. The second-order valence-electron chi connectivity index (χ2n) is 14.4. The normalized spacial score (nSPS) is 40.3. The number of hydrogen-bond acceptors (Lipinski definition) is 6. The minimum Gasteiger partial charge on any atom is -0.497 e. The Morgan fingerprint density at radius 3 is 2.36 bits per heavy atom. The molecule has 0 heterocycles. The molecule has 42 heavy (non-hydrogen) atoms. The van der Waals surface area contributed by atoms with Crippen LogP contribution in [0.1, 0.15) is 85.5 Å². The monoisotopic (exact) mass is 604 g/mol. The molecule has 236 valence electrons. The molecule has 0 saturated heterocycles. The highest BCUT2D eigenvalue weighted by Crippen LogP contribution is 2.69. The number of methoxy groups -OCH3 is 1. The van der Waals surface area contributed by atoms with Crippen LogP contribution in [0.3, 0.4) is 0 Å². The summed E-state index contributed by atoms with van der Waals surface area (Å²) in [5.74, 6) is 3.37. The van der Waals surface area contributed by atoms with Crippen molar-refractivity contribution in [2.75, 3.05) is 13.7 Å². The molecule has 0 radical (unpaired) electrons. The Balaban J connectivity index is 1.20. The molecule has 11 atom stereocenters. The maximum absolute atomic E-state index is 12.6. The van der Waals surface area contributed by atoms with Crippen LogP contribution >= 0.6 is 0 Å². The minimum atomic E-state index is -3.97. The number of sulfonamides is 1. The number of hydrogen-bond donors (Lipinski definition) is 4. The van der Waals surface area contributed by atoms with E-state index in [1.165, 1.54) is 19.2 Å². The van der Waals surface area contributed by atoms with E-state index >= 15 is 0 Å². The van der Waals surface area contributed by atoms with Crippen molar-refractivity contribution in [3.05, 3.63) is 24.3 Å². The number of amides is 2. The van der Waals surface area contributed by atoms with Gasteiger partial charge in [0.15, 0.2) is 0 Å². The van der Waals surface area contributed by atoms with E-state index in [1.54, 1.807) is 12.1 Å². The lowest BCUT2D eigenvalue weighted by Crippen LogP contribution is -2.62. The zero-order valence-corrected chi connectivity index (χ0v) is 26.8. The molecule has 0 bridgehead atoms. The third-order valence-electron chi connectivity index (χ3n) is 12.6. The second kappa shape index (κ2) is 11.9. The van der Waals surface area contributed by atoms with E-state index < -0.39 is 16.1 Å². The van der Waals surface area contributed by atoms with Crippen LogP contribution < -0.4 is 14.8 Å². The van der Waals surface area contributed by atoms with Crippen LogP contribution in [0.4, 0.5) is 4.79 Å². The standard InChI is InChI=1S/C33H52N2O6S/c1-6-24-28-19-21(36)13-16-33(28,4)27-14-17-32(3)25(11-12-26(32)29(27)30(24)37)20(2)15-18-34-31(38)35-42(39,40)23-9-7-22(41-5)8-10-23/h7-10,20-21,24-30,36-37H,6,11-19H2,1-5H3,(H2,34,35,38)/t20-,21-,24-,25-,26+,27+,28?,29+,30-,32-,33-/m1/s1. The van der Waals surface area contributed by atoms with Crippen molar-refractivity contribution < 1.29 is 28.2 Å². The van der Waals surface area contributed by atoms with E-state index in [2.05, 4.69) is 37.7 Å². The van der Waals surface area contributed by atoms with Gasteiger partial charge in [-0.1, -0.05) is 34.1 Å². The third-order valence-corrected chi connectivity index (χ3v) is 14.0. The van der Waals surface area contributed by atoms with Gasteiger partial charge in [-0.3, -0.25) is 0 Å². The van der Waals surface area contributed by atoms with Gasteiger partial charge >= 0.3 is 6.03 Å². The van der Waals surface area contributed by atoms with Gasteiger partial charge in [0.05, 0.1) is 24.2 Å². The molecule has 4 N–H and O–H groups in total. The summed E-state index contributed by atoms with van der Waals surface area (Å²) in [5.41, 5.74) is 0.343. The van der Waals surface area contributed by atoms with Gasteiger partial charge in [-0.15, -0.1) is 0 Å². The van der Waals surface area contributed by atoms with Crippen molar-refractivity contribution in [3.8, 4) is 5.75 Å². The number of rotatable bonds is 8. The highest BCUT2D eigenvalue weighted by Gasteiger charge is 2.64. The van der Waals surface area contributed by atoms with E-state index in [9.17, 15) is 23.4 Å². The van der Waals surface area contributed by atoms with E-state index in [4.69, 9.17) is 4.74 Å². The maximum atomic E-state index is 12.6. The quantitative estimate of drug-likeness (QED) is 0.318. The second-order valence-corrected chi connectivity index (χ2v) is 16.1. The number of fused-ring (bicyclic) bond motifs is 5. The average Bonchev–Trinajstić information content (AvgIpc) is 3.31. The van der Waals surface area contributed by atoms with E-state index in [0.29, 0.717) is 47.8 Å². The van der Waals surface area contributed by atoms with Crippen LogP contribution in [0.2, 0.25) is 0 Å². The van der Waals surface area contributed by atoms with Crippen LogP contribution in [-0.2, 0) is 10.0 Å². The van der Waals surface area contributed by atoms with E-state index in [1.807, 2.05) is 0 Å². The van der Waals surface area contributed by atoms with Crippen molar-refractivity contribution in [2.45, 2.75) is 103 Å². The molecule has 0 spiro atoms. The van der Waals surface area contributed by atoms with Gasteiger partial charge in [-0.25, -0.2) is 17.9 Å². The Morgan fingerprint density at radius 2 is 1.69 bits per heavy atom. The molecule has 8 nitrogen and oxygen atoms in total. The Kier molecular flexibility index (Phi) is 8.96. The Hall–Kier alpha value is -1.84. The van der Waals surface area contributed by atoms with Crippen LogP contribution in [-0.4, -0.2) is 50.5 Å². The number of benzene rings is 1. The van der Waals surface area contributed by atoms with Crippen molar-refractivity contribution in [3.63, 3.8) is 0 Å². The third kappa shape index (κ3) is 5.47. The lowest BCUT2D eigenvalue weighted by Gasteiger charge is -2.64. The Bertz CT molecular complexity index is 1220.